The van der Waals surface area contributed by atoms with Crippen molar-refractivity contribution in [2.75, 3.05) is 19.7 Å². The molecule has 0 aliphatic carbocycles. The van der Waals surface area contributed by atoms with E-state index in [2.05, 4.69) is 15.6 Å². The molecule has 1 saturated heterocycles. The maximum absolute atomic E-state index is 10.5. The van der Waals surface area contributed by atoms with E-state index in [-0.39, 0.29) is 5.95 Å². The van der Waals surface area contributed by atoms with Gasteiger partial charge < -0.3 is 14.3 Å². The minimum absolute atomic E-state index is 0.198. The fraction of sp³-hybridized carbons (Fsp3) is 0.269. The number of fused-ring (bicyclic) bond motifs is 1. The molecule has 1 N–H and O–H groups in total. The van der Waals surface area contributed by atoms with E-state index in [0.717, 1.165) is 59.2 Å². The summed E-state index contributed by atoms with van der Waals surface area (Å²) in [6.07, 6.45) is 7.48. The highest BCUT2D eigenvalue weighted by Gasteiger charge is 2.25. The number of aromatic hydroxyl groups is 1. The van der Waals surface area contributed by atoms with Crippen molar-refractivity contribution in [3.63, 3.8) is 0 Å². The highest BCUT2D eigenvalue weighted by Crippen LogP contribution is 2.28. The molecule has 3 heterocycles. The molecular formula is C26H26N3O3+. The number of aromatic nitrogens is 1. The first-order chi connectivity index (χ1) is 15.7. The van der Waals surface area contributed by atoms with Crippen LogP contribution in [0.5, 0.6) is 11.7 Å². The van der Waals surface area contributed by atoms with Gasteiger partial charge in [-0.25, -0.2) is 4.98 Å². The van der Waals surface area contributed by atoms with Gasteiger partial charge in [0.2, 0.25) is 5.89 Å². The van der Waals surface area contributed by atoms with Crippen LogP contribution in [-0.2, 0) is 0 Å². The largest absolute Gasteiger partial charge is 0.494 e. The number of nitrogens with zero attached hydrogens (tertiary/aromatic N) is 3. The number of benzene rings is 2. The van der Waals surface area contributed by atoms with Crippen molar-refractivity contribution in [3.05, 3.63) is 70.4 Å². The second-order valence-corrected chi connectivity index (χ2v) is 7.96. The van der Waals surface area contributed by atoms with Crippen LogP contribution in [-0.4, -0.2) is 40.2 Å². The Morgan fingerprint density at radius 1 is 1.09 bits per heavy atom. The van der Waals surface area contributed by atoms with Gasteiger partial charge in [0.1, 0.15) is 11.4 Å². The molecule has 6 heteroatoms. The molecule has 0 atom stereocenters. The van der Waals surface area contributed by atoms with Crippen molar-refractivity contribution in [1.29, 1.82) is 0 Å². The van der Waals surface area contributed by atoms with Gasteiger partial charge in [0.05, 0.1) is 25.3 Å². The van der Waals surface area contributed by atoms with E-state index in [1.165, 1.54) is 6.42 Å². The maximum Gasteiger partial charge on any atom is 0.326 e. The fourth-order valence-electron chi connectivity index (χ4n) is 4.15. The first kappa shape index (κ1) is 20.2. The molecule has 0 unspecified atom stereocenters. The Hall–Kier alpha value is -3.67. The lowest BCUT2D eigenvalue weighted by Gasteiger charge is -2.15. The van der Waals surface area contributed by atoms with Crippen LogP contribution in [0.15, 0.2) is 63.5 Å². The quantitative estimate of drug-likeness (QED) is 0.646. The molecule has 162 valence electrons. The summed E-state index contributed by atoms with van der Waals surface area (Å²) >= 11 is 0. The Morgan fingerprint density at radius 2 is 1.91 bits per heavy atom. The smallest absolute Gasteiger partial charge is 0.326 e. The second-order valence-electron chi connectivity index (χ2n) is 7.96. The average Bonchev–Trinajstić information content (AvgIpc) is 3.20. The SMILES string of the molecule is CCOc1ccc2c(c1)=C/C(=C\c1nc(-c3ccccc3)oc1O)C(=[N+]1CCCCC1)N=2. The molecule has 0 bridgehead atoms. The predicted octanol–water partition coefficient (Wildman–Crippen LogP) is 3.54. The maximum atomic E-state index is 10.5. The summed E-state index contributed by atoms with van der Waals surface area (Å²) in [6, 6.07) is 15.5. The molecule has 1 fully saturated rings. The monoisotopic (exact) mass is 428 g/mol. The molecule has 2 aliphatic rings. The van der Waals surface area contributed by atoms with Gasteiger partial charge in [0.25, 0.3) is 0 Å². The Bertz CT molecular complexity index is 1310. The molecule has 0 spiro atoms. The van der Waals surface area contributed by atoms with Crippen molar-refractivity contribution in [1.82, 2.24) is 4.98 Å². The van der Waals surface area contributed by atoms with Gasteiger partial charge in [-0.3, -0.25) is 4.58 Å². The highest BCUT2D eigenvalue weighted by molar-refractivity contribution is 6.08. The lowest BCUT2D eigenvalue weighted by molar-refractivity contribution is -0.537. The molecule has 3 aromatic rings. The zero-order chi connectivity index (χ0) is 21.9. The van der Waals surface area contributed by atoms with Crippen LogP contribution in [0.4, 0.5) is 0 Å². The molecule has 0 saturated carbocycles. The Kier molecular flexibility index (Phi) is 5.58. The standard InChI is InChI=1S/C26H25N3O3/c1-2-31-21-11-12-22-19(16-21)15-20(24(27-22)29-13-7-4-8-14-29)17-23-26(30)32-25(28-23)18-9-5-3-6-10-18/h3,5-6,9-12,15-17H,2,4,7-8,13-14H2,1H3/p+1. The zero-order valence-corrected chi connectivity index (χ0v) is 18.1. The van der Waals surface area contributed by atoms with Gasteiger partial charge in [0.15, 0.2) is 5.36 Å². The summed E-state index contributed by atoms with van der Waals surface area (Å²) in [5, 5.41) is 12.4. The van der Waals surface area contributed by atoms with Crippen LogP contribution in [0.3, 0.4) is 0 Å². The van der Waals surface area contributed by atoms with Gasteiger partial charge in [-0.2, -0.15) is 0 Å². The third kappa shape index (κ3) is 4.08. The van der Waals surface area contributed by atoms with Crippen LogP contribution in [0, 0.1) is 0 Å². The third-order valence-electron chi connectivity index (χ3n) is 5.71. The van der Waals surface area contributed by atoms with E-state index >= 15 is 0 Å². The normalized spacial score (nSPS) is 17.0. The van der Waals surface area contributed by atoms with E-state index in [1.54, 1.807) is 0 Å². The number of amidine groups is 1. The third-order valence-corrected chi connectivity index (χ3v) is 5.71. The van der Waals surface area contributed by atoms with E-state index in [0.29, 0.717) is 18.2 Å². The van der Waals surface area contributed by atoms with Crippen LogP contribution < -0.4 is 15.3 Å². The number of piperidine rings is 1. The summed E-state index contributed by atoms with van der Waals surface area (Å²) < 4.78 is 13.6. The lowest BCUT2D eigenvalue weighted by atomic mass is 10.1. The number of rotatable bonds is 4. The number of hydrogen-bond donors (Lipinski definition) is 1. The molecule has 0 radical (unpaired) electrons. The Labute approximate surface area is 186 Å². The first-order valence-corrected chi connectivity index (χ1v) is 11.1. The Morgan fingerprint density at radius 3 is 2.69 bits per heavy atom. The number of oxazole rings is 1. The van der Waals surface area contributed by atoms with Crippen LogP contribution in [0.25, 0.3) is 23.6 Å². The second kappa shape index (κ2) is 8.83. The highest BCUT2D eigenvalue weighted by atomic mass is 16.5. The molecule has 0 amide bonds. The van der Waals surface area contributed by atoms with Gasteiger partial charge >= 0.3 is 11.8 Å². The van der Waals surface area contributed by atoms with E-state index in [9.17, 15) is 5.11 Å². The van der Waals surface area contributed by atoms with Crippen LogP contribution >= 0.6 is 0 Å². The molecular weight excluding hydrogens is 402 g/mol. The first-order valence-electron chi connectivity index (χ1n) is 11.1. The lowest BCUT2D eigenvalue weighted by Crippen LogP contribution is -2.35. The van der Waals surface area contributed by atoms with Gasteiger partial charge in [0, 0.05) is 10.8 Å². The summed E-state index contributed by atoms with van der Waals surface area (Å²) in [5.41, 5.74) is 2.11. The van der Waals surface area contributed by atoms with Gasteiger partial charge in [-0.05, 0) is 73.7 Å². The Balaban J connectivity index is 1.64. The van der Waals surface area contributed by atoms with E-state index in [1.807, 2.05) is 61.5 Å². The molecule has 2 aliphatic heterocycles. The zero-order valence-electron chi connectivity index (χ0n) is 18.1. The van der Waals surface area contributed by atoms with E-state index in [4.69, 9.17) is 14.1 Å². The molecule has 32 heavy (non-hydrogen) atoms. The topological polar surface area (TPSA) is 70.9 Å². The van der Waals surface area contributed by atoms with Crippen molar-refractivity contribution in [3.8, 4) is 23.1 Å². The summed E-state index contributed by atoms with van der Waals surface area (Å²) in [5.74, 6) is 1.91. The summed E-state index contributed by atoms with van der Waals surface area (Å²) in [6.45, 7) is 4.52. The van der Waals surface area contributed by atoms with E-state index < -0.39 is 0 Å². The predicted molar refractivity (Wildman–Crippen MR) is 123 cm³/mol. The molecule has 5 rings (SSSR count). The molecule has 6 nitrogen and oxygen atoms in total. The van der Waals surface area contributed by atoms with Crippen molar-refractivity contribution in [2.24, 2.45) is 4.99 Å². The van der Waals surface area contributed by atoms with Crippen molar-refractivity contribution >= 4 is 18.0 Å². The van der Waals surface area contributed by atoms with Gasteiger partial charge in [-0.1, -0.05) is 18.2 Å². The summed E-state index contributed by atoms with van der Waals surface area (Å²) in [7, 11) is 0. The van der Waals surface area contributed by atoms with Crippen LogP contribution in [0.1, 0.15) is 31.9 Å². The molecule has 1 aromatic heterocycles. The number of hydrogen-bond acceptors (Lipinski definition) is 4. The van der Waals surface area contributed by atoms with Gasteiger partial charge in [-0.15, -0.1) is 0 Å². The van der Waals surface area contributed by atoms with Crippen molar-refractivity contribution in [2.45, 2.75) is 26.2 Å². The van der Waals surface area contributed by atoms with Crippen LogP contribution in [0.2, 0.25) is 0 Å². The summed E-state index contributed by atoms with van der Waals surface area (Å²) in [4.78, 5) is 9.54. The number of ether oxygens (including phenoxy) is 1. The minimum Gasteiger partial charge on any atom is -0.494 e. The molecule has 2 aromatic carbocycles. The fourth-order valence-corrected chi connectivity index (χ4v) is 4.15. The average molecular weight is 429 g/mol. The van der Waals surface area contributed by atoms with Crippen molar-refractivity contribution < 1.29 is 18.8 Å². The minimum atomic E-state index is -0.198.